The van der Waals surface area contributed by atoms with Crippen molar-refractivity contribution in [2.75, 3.05) is 0 Å². The first-order valence-electron chi connectivity index (χ1n) is 4.27. The quantitative estimate of drug-likeness (QED) is 0.653. The molecule has 2 aromatic heterocycles. The van der Waals surface area contributed by atoms with Crippen molar-refractivity contribution in [3.8, 4) is 0 Å². The molecular weight excluding hydrogens is 283 g/mol. The number of nitrogens with zero attached hydrogens (tertiary/aromatic N) is 2. The molecule has 0 saturated carbocycles. The summed E-state index contributed by atoms with van der Waals surface area (Å²) in [7, 11) is 3.30. The fourth-order valence-electron chi connectivity index (χ4n) is 1.38. The number of nitrogens with one attached hydrogen (secondary N) is 1. The van der Waals surface area contributed by atoms with Gasteiger partial charge in [-0.25, -0.2) is 4.52 Å². The maximum atomic E-state index is 11.4. The number of carbonyl (C=O) groups is 2. The van der Waals surface area contributed by atoms with E-state index in [0.29, 0.717) is 23.1 Å². The Hall–Kier alpha value is -1.07. The zero-order valence-electron chi connectivity index (χ0n) is 8.38. The molecule has 0 saturated heterocycles. The minimum atomic E-state index is -0.307. The van der Waals surface area contributed by atoms with Gasteiger partial charge in [-0.3, -0.25) is 16.6 Å². The molecule has 0 aromatic carbocycles. The van der Waals surface area contributed by atoms with E-state index in [-0.39, 0.29) is 38.6 Å². The molecule has 0 bridgehead atoms. The number of amides is 1. The second-order valence-corrected chi connectivity index (χ2v) is 2.94. The van der Waals surface area contributed by atoms with E-state index in [1.54, 1.807) is 24.4 Å². The first-order valence-corrected chi connectivity index (χ1v) is 4.27. The number of aromatic nitrogens is 2. The Kier molecular flexibility index (Phi) is 4.32. The Labute approximate surface area is 117 Å². The topological polar surface area (TPSA) is 63.5 Å². The van der Waals surface area contributed by atoms with Gasteiger partial charge in [0.05, 0.1) is 11.1 Å². The Bertz CT molecular complexity index is 536. The van der Waals surface area contributed by atoms with Crippen LogP contribution in [0.3, 0.4) is 0 Å². The van der Waals surface area contributed by atoms with E-state index < -0.39 is 0 Å². The number of carbonyl (C=O) groups excluding carboxylic acids is 2. The van der Waals surface area contributed by atoms with Crippen LogP contribution in [0.25, 0.3) is 5.52 Å². The number of fused-ring (bicyclic) bond motifs is 1. The Balaban J connectivity index is 0.00000128. The maximum absolute atomic E-state index is 11.4. The van der Waals surface area contributed by atoms with Crippen LogP contribution >= 0.6 is 0 Å². The summed E-state index contributed by atoms with van der Waals surface area (Å²) in [4.78, 5) is 22.0. The molecule has 1 N–H and O–H groups in total. The molecule has 2 aromatic rings. The van der Waals surface area contributed by atoms with E-state index in [1.807, 2.05) is 0 Å². The smallest absolute Gasteiger partial charge is 0.224 e. The molecule has 6 heteroatoms. The van der Waals surface area contributed by atoms with Crippen molar-refractivity contribution in [2.24, 2.45) is 0 Å². The Morgan fingerprint density at radius 3 is 2.94 bits per heavy atom. The van der Waals surface area contributed by atoms with E-state index in [9.17, 15) is 9.59 Å². The molecule has 1 radical (unpaired) electrons. The van der Waals surface area contributed by atoms with Gasteiger partial charge >= 0.3 is 0 Å². The predicted octanol–water partition coefficient (Wildman–Crippen LogP) is 0.666. The standard InChI is InChI=1S/C10H8N3O2.Y/c1-11-10(15)8-3-2-4-13-9(8)5-7(6-14)12-13;/h2-6H,1H2,(H,11,15);/q-1;. The van der Waals surface area contributed by atoms with Crippen LogP contribution in [0, 0.1) is 7.05 Å². The first-order chi connectivity index (χ1) is 7.26. The minimum Gasteiger partial charge on any atom is -0.504 e. The summed E-state index contributed by atoms with van der Waals surface area (Å²) in [6.45, 7) is 0. The number of rotatable bonds is 2. The zero-order valence-corrected chi connectivity index (χ0v) is 11.2. The number of pyridine rings is 1. The van der Waals surface area contributed by atoms with Gasteiger partial charge in [0.2, 0.25) is 5.91 Å². The van der Waals surface area contributed by atoms with Crippen LogP contribution in [0.5, 0.6) is 0 Å². The third-order valence-electron chi connectivity index (χ3n) is 2.05. The molecule has 0 spiro atoms. The summed E-state index contributed by atoms with van der Waals surface area (Å²) in [6.07, 6.45) is 2.31. The molecule has 0 aliphatic heterocycles. The van der Waals surface area contributed by atoms with Crippen LogP contribution < -0.4 is 5.32 Å². The normalized spacial score (nSPS) is 9.56. The van der Waals surface area contributed by atoms with E-state index in [0.717, 1.165) is 0 Å². The minimum absolute atomic E-state index is 0. The third-order valence-corrected chi connectivity index (χ3v) is 2.05. The summed E-state index contributed by atoms with van der Waals surface area (Å²) < 4.78 is 1.48. The molecule has 0 aliphatic rings. The van der Waals surface area contributed by atoms with E-state index in [2.05, 4.69) is 17.5 Å². The van der Waals surface area contributed by atoms with Gasteiger partial charge in [-0.15, -0.1) is 0 Å². The van der Waals surface area contributed by atoms with Gasteiger partial charge in [-0.1, -0.05) is 0 Å². The van der Waals surface area contributed by atoms with Gasteiger partial charge in [0.15, 0.2) is 6.29 Å². The summed E-state index contributed by atoms with van der Waals surface area (Å²) in [5.74, 6) is -0.307. The van der Waals surface area contributed by atoms with Crippen molar-refractivity contribution >= 4 is 17.7 Å². The summed E-state index contributed by atoms with van der Waals surface area (Å²) in [5.41, 5.74) is 1.31. The zero-order chi connectivity index (χ0) is 10.8. The summed E-state index contributed by atoms with van der Waals surface area (Å²) >= 11 is 0. The fraction of sp³-hybridized carbons (Fsp3) is 0. The molecule has 79 valence electrons. The molecule has 2 rings (SSSR count). The van der Waals surface area contributed by atoms with Gasteiger partial charge in [0.1, 0.15) is 5.69 Å². The van der Waals surface area contributed by atoms with Crippen molar-refractivity contribution in [2.45, 2.75) is 0 Å². The van der Waals surface area contributed by atoms with E-state index in [1.165, 1.54) is 4.52 Å². The van der Waals surface area contributed by atoms with Crippen molar-refractivity contribution < 1.29 is 42.3 Å². The van der Waals surface area contributed by atoms with Crippen LogP contribution in [0.15, 0.2) is 24.4 Å². The predicted molar refractivity (Wildman–Crippen MR) is 53.4 cm³/mol. The van der Waals surface area contributed by atoms with E-state index in [4.69, 9.17) is 0 Å². The number of hydrogen-bond acceptors (Lipinski definition) is 3. The molecule has 1 amide bonds. The molecular formula is C10H8N3O2Y-. The molecule has 5 nitrogen and oxygen atoms in total. The third kappa shape index (κ3) is 2.20. The Morgan fingerprint density at radius 2 is 2.31 bits per heavy atom. The molecule has 2 heterocycles. The van der Waals surface area contributed by atoms with Gasteiger partial charge in [0.25, 0.3) is 0 Å². The van der Waals surface area contributed by atoms with Crippen molar-refractivity contribution in [1.29, 1.82) is 0 Å². The van der Waals surface area contributed by atoms with Gasteiger partial charge < -0.3 is 5.32 Å². The van der Waals surface area contributed by atoms with Crippen LogP contribution in [-0.2, 0) is 32.7 Å². The number of hydrogen-bond donors (Lipinski definition) is 1. The van der Waals surface area contributed by atoms with Gasteiger partial charge in [-0.2, -0.15) is 5.10 Å². The molecule has 0 aliphatic carbocycles. The van der Waals surface area contributed by atoms with Crippen molar-refractivity contribution in [1.82, 2.24) is 14.9 Å². The van der Waals surface area contributed by atoms with Crippen molar-refractivity contribution in [3.05, 3.63) is 42.7 Å². The second-order valence-electron chi connectivity index (χ2n) is 2.94. The Morgan fingerprint density at radius 1 is 1.56 bits per heavy atom. The second kappa shape index (κ2) is 5.32. The van der Waals surface area contributed by atoms with Gasteiger partial charge in [-0.05, 0) is 18.2 Å². The molecule has 0 unspecified atom stereocenters. The first kappa shape index (κ1) is 13.0. The van der Waals surface area contributed by atoms with Gasteiger partial charge in [0, 0.05) is 38.9 Å². The number of aldehydes is 1. The van der Waals surface area contributed by atoms with Crippen LogP contribution in [0.4, 0.5) is 0 Å². The van der Waals surface area contributed by atoms with Crippen LogP contribution in [-0.4, -0.2) is 21.8 Å². The SMILES string of the molecule is [CH2-]NC(=O)c1cccn2nc(C=O)cc12.[Y]. The molecule has 16 heavy (non-hydrogen) atoms. The average molecular weight is 291 g/mol. The summed E-state index contributed by atoms with van der Waals surface area (Å²) in [6, 6.07) is 4.88. The fourth-order valence-corrected chi connectivity index (χ4v) is 1.38. The van der Waals surface area contributed by atoms with E-state index >= 15 is 0 Å². The molecule has 0 fully saturated rings. The van der Waals surface area contributed by atoms with Crippen molar-refractivity contribution in [3.63, 3.8) is 0 Å². The monoisotopic (exact) mass is 291 g/mol. The van der Waals surface area contributed by atoms with Crippen LogP contribution in [0.2, 0.25) is 0 Å². The molecule has 0 atom stereocenters. The van der Waals surface area contributed by atoms with Crippen LogP contribution in [0.1, 0.15) is 20.8 Å². The average Bonchev–Trinajstić information content (AvgIpc) is 2.70. The summed E-state index contributed by atoms with van der Waals surface area (Å²) in [5, 5.41) is 6.24. The maximum Gasteiger partial charge on any atom is 0.224 e. The largest absolute Gasteiger partial charge is 0.504 e.